The zero-order chi connectivity index (χ0) is 20.1. The number of thioether (sulfide) groups is 1. The Bertz CT molecular complexity index is 973. The topological polar surface area (TPSA) is 81.9 Å². The van der Waals surface area contributed by atoms with Gasteiger partial charge in [0, 0.05) is 0 Å². The third-order valence-electron chi connectivity index (χ3n) is 5.03. The van der Waals surface area contributed by atoms with Crippen LogP contribution in [-0.4, -0.2) is 39.0 Å². The molecule has 0 spiro atoms. The van der Waals surface area contributed by atoms with E-state index in [0.29, 0.717) is 11.7 Å². The number of fused-ring (bicyclic) bond motifs is 1. The van der Waals surface area contributed by atoms with Gasteiger partial charge in [-0.2, -0.15) is 0 Å². The van der Waals surface area contributed by atoms with Gasteiger partial charge < -0.3 is 10.1 Å². The second-order valence-electron chi connectivity index (χ2n) is 6.97. The third-order valence-corrected chi connectivity index (χ3v) is 5.98. The van der Waals surface area contributed by atoms with Crippen LogP contribution in [0.15, 0.2) is 53.7 Å². The first-order chi connectivity index (χ1) is 14.2. The maximum atomic E-state index is 12.5. The highest BCUT2D eigenvalue weighted by Gasteiger charge is 2.21. The van der Waals surface area contributed by atoms with Gasteiger partial charge in [0.2, 0.25) is 11.1 Å². The van der Waals surface area contributed by atoms with E-state index in [9.17, 15) is 4.79 Å². The minimum absolute atomic E-state index is 0.00398. The number of aromatic nitrogens is 4. The van der Waals surface area contributed by atoms with Gasteiger partial charge in [0.1, 0.15) is 5.75 Å². The van der Waals surface area contributed by atoms with Crippen molar-refractivity contribution in [3.8, 4) is 5.75 Å². The smallest absolute Gasteiger partial charge is 0.230 e. The third kappa shape index (κ3) is 4.76. The molecule has 0 radical (unpaired) electrons. The van der Waals surface area contributed by atoms with Crippen LogP contribution >= 0.6 is 11.8 Å². The highest BCUT2D eigenvalue weighted by Crippen LogP contribution is 2.29. The monoisotopic (exact) mass is 409 g/mol. The molecule has 2 aromatic carbocycles. The molecule has 4 rings (SSSR count). The standard InChI is InChI=1S/C21H23N5O2S/c1-28-17-11-9-15(10-12-17)13-26-21(23-24-25-26)29-14-20(27)22-19-8-4-6-16-5-2-3-7-18(16)19/h2-3,5,7,9-12,19H,4,6,8,13-14H2,1H3,(H,22,27)/t19-/m0/s1. The summed E-state index contributed by atoms with van der Waals surface area (Å²) in [6.45, 7) is 0.539. The van der Waals surface area contributed by atoms with Crippen molar-refractivity contribution in [1.82, 2.24) is 25.5 Å². The minimum Gasteiger partial charge on any atom is -0.497 e. The maximum Gasteiger partial charge on any atom is 0.230 e. The van der Waals surface area contributed by atoms with Gasteiger partial charge in [-0.25, -0.2) is 4.68 Å². The predicted octanol–water partition coefficient (Wildman–Crippen LogP) is 3.02. The van der Waals surface area contributed by atoms with Crippen molar-refractivity contribution in [3.05, 3.63) is 65.2 Å². The number of benzene rings is 2. The van der Waals surface area contributed by atoms with E-state index in [1.807, 2.05) is 30.3 Å². The molecule has 8 heteroatoms. The van der Waals surface area contributed by atoms with Crippen LogP contribution in [-0.2, 0) is 17.8 Å². The first kappa shape index (κ1) is 19.4. The fraction of sp³-hybridized carbons (Fsp3) is 0.333. The Morgan fingerprint density at radius 2 is 2.07 bits per heavy atom. The second kappa shape index (κ2) is 9.09. The van der Waals surface area contributed by atoms with Crippen molar-refractivity contribution in [1.29, 1.82) is 0 Å². The van der Waals surface area contributed by atoms with Gasteiger partial charge in [-0.1, -0.05) is 48.2 Å². The summed E-state index contributed by atoms with van der Waals surface area (Å²) in [6, 6.07) is 16.2. The number of carbonyl (C=O) groups excluding carboxylic acids is 1. The molecule has 1 aliphatic carbocycles. The van der Waals surface area contributed by atoms with E-state index in [0.717, 1.165) is 30.6 Å². The zero-order valence-electron chi connectivity index (χ0n) is 16.2. The van der Waals surface area contributed by atoms with Crippen molar-refractivity contribution >= 4 is 17.7 Å². The van der Waals surface area contributed by atoms with Gasteiger partial charge in [0.05, 0.1) is 25.4 Å². The number of carbonyl (C=O) groups is 1. The summed E-state index contributed by atoms with van der Waals surface area (Å²) in [5.74, 6) is 1.08. The fourth-order valence-corrected chi connectivity index (χ4v) is 4.26. The molecule has 0 aliphatic heterocycles. The predicted molar refractivity (Wildman–Crippen MR) is 111 cm³/mol. The van der Waals surface area contributed by atoms with E-state index in [-0.39, 0.29) is 17.7 Å². The molecule has 7 nitrogen and oxygen atoms in total. The number of rotatable bonds is 7. The molecule has 1 heterocycles. The molecule has 1 atom stereocenters. The molecule has 0 saturated heterocycles. The van der Waals surface area contributed by atoms with Crippen LogP contribution in [0.3, 0.4) is 0 Å². The average Bonchev–Trinajstić information content (AvgIpc) is 3.20. The fourth-order valence-electron chi connectivity index (χ4n) is 3.57. The Labute approximate surface area is 173 Å². The van der Waals surface area contributed by atoms with E-state index in [2.05, 4.69) is 39.0 Å². The van der Waals surface area contributed by atoms with E-state index in [1.165, 1.54) is 22.9 Å². The van der Waals surface area contributed by atoms with E-state index in [1.54, 1.807) is 11.8 Å². The molecular formula is C21H23N5O2S. The molecule has 1 amide bonds. The van der Waals surface area contributed by atoms with Crippen LogP contribution in [0.4, 0.5) is 0 Å². The number of ether oxygens (including phenoxy) is 1. The quantitative estimate of drug-likeness (QED) is 0.604. The van der Waals surface area contributed by atoms with Crippen molar-refractivity contribution in [2.75, 3.05) is 12.9 Å². The summed E-state index contributed by atoms with van der Waals surface area (Å²) in [7, 11) is 1.64. The molecule has 1 aliphatic rings. The van der Waals surface area contributed by atoms with Crippen LogP contribution in [0, 0.1) is 0 Å². The van der Waals surface area contributed by atoms with Crippen LogP contribution in [0.5, 0.6) is 5.75 Å². The lowest BCUT2D eigenvalue weighted by Crippen LogP contribution is -2.32. The molecule has 0 unspecified atom stereocenters. The number of methoxy groups -OCH3 is 1. The molecule has 1 N–H and O–H groups in total. The number of hydrogen-bond donors (Lipinski definition) is 1. The summed E-state index contributed by atoms with van der Waals surface area (Å²) in [4.78, 5) is 12.5. The van der Waals surface area contributed by atoms with E-state index in [4.69, 9.17) is 4.74 Å². The Balaban J connectivity index is 1.34. The average molecular weight is 410 g/mol. The first-order valence-electron chi connectivity index (χ1n) is 9.62. The normalized spacial score (nSPS) is 15.6. The maximum absolute atomic E-state index is 12.5. The second-order valence-corrected chi connectivity index (χ2v) is 7.91. The van der Waals surface area contributed by atoms with Gasteiger partial charge in [0.25, 0.3) is 0 Å². The number of nitrogens with zero attached hydrogens (tertiary/aromatic N) is 4. The molecule has 150 valence electrons. The molecule has 0 fully saturated rings. The highest BCUT2D eigenvalue weighted by atomic mass is 32.2. The molecular weight excluding hydrogens is 386 g/mol. The Morgan fingerprint density at radius 1 is 1.24 bits per heavy atom. The van der Waals surface area contributed by atoms with Crippen LogP contribution < -0.4 is 10.1 Å². The number of tetrazole rings is 1. The minimum atomic E-state index is -0.00398. The SMILES string of the molecule is COc1ccc(Cn2nnnc2SCC(=O)N[C@H]2CCCc3ccccc32)cc1. The lowest BCUT2D eigenvalue weighted by Gasteiger charge is -2.26. The van der Waals surface area contributed by atoms with Crippen LogP contribution in [0.1, 0.15) is 35.6 Å². The Kier molecular flexibility index (Phi) is 6.09. The summed E-state index contributed by atoms with van der Waals surface area (Å²) in [6.07, 6.45) is 3.15. The number of aryl methyl sites for hydroxylation is 1. The molecule has 3 aromatic rings. The number of nitrogens with one attached hydrogen (secondary N) is 1. The first-order valence-corrected chi connectivity index (χ1v) is 10.6. The Morgan fingerprint density at radius 3 is 2.90 bits per heavy atom. The lowest BCUT2D eigenvalue weighted by molar-refractivity contribution is -0.119. The van der Waals surface area contributed by atoms with Crippen molar-refractivity contribution in [3.63, 3.8) is 0 Å². The number of hydrogen-bond acceptors (Lipinski definition) is 6. The van der Waals surface area contributed by atoms with Gasteiger partial charge in [-0.3, -0.25) is 4.79 Å². The van der Waals surface area contributed by atoms with E-state index < -0.39 is 0 Å². The molecule has 29 heavy (non-hydrogen) atoms. The zero-order valence-corrected chi connectivity index (χ0v) is 17.1. The van der Waals surface area contributed by atoms with Gasteiger partial charge in [-0.05, 0) is 58.5 Å². The van der Waals surface area contributed by atoms with Crippen molar-refractivity contribution in [2.24, 2.45) is 0 Å². The Hall–Kier alpha value is -2.87. The van der Waals surface area contributed by atoms with Crippen LogP contribution in [0.2, 0.25) is 0 Å². The molecule has 1 aromatic heterocycles. The van der Waals surface area contributed by atoms with Gasteiger partial charge in [0.15, 0.2) is 0 Å². The summed E-state index contributed by atoms with van der Waals surface area (Å²) < 4.78 is 6.89. The summed E-state index contributed by atoms with van der Waals surface area (Å²) in [5.41, 5.74) is 3.63. The molecule has 0 saturated carbocycles. The van der Waals surface area contributed by atoms with Gasteiger partial charge >= 0.3 is 0 Å². The molecule has 0 bridgehead atoms. The summed E-state index contributed by atoms with van der Waals surface area (Å²) >= 11 is 1.35. The largest absolute Gasteiger partial charge is 0.497 e. The summed E-state index contributed by atoms with van der Waals surface area (Å²) in [5, 5.41) is 15.7. The highest BCUT2D eigenvalue weighted by molar-refractivity contribution is 7.99. The van der Waals surface area contributed by atoms with Crippen molar-refractivity contribution in [2.45, 2.75) is 37.0 Å². The lowest BCUT2D eigenvalue weighted by atomic mass is 9.88. The van der Waals surface area contributed by atoms with Gasteiger partial charge in [-0.15, -0.1) is 5.10 Å². The van der Waals surface area contributed by atoms with Crippen molar-refractivity contribution < 1.29 is 9.53 Å². The van der Waals surface area contributed by atoms with E-state index >= 15 is 0 Å². The number of amides is 1. The van der Waals surface area contributed by atoms with Crippen LogP contribution in [0.25, 0.3) is 0 Å².